The van der Waals surface area contributed by atoms with Gasteiger partial charge in [-0.25, -0.2) is 4.57 Å². The molecule has 0 rings (SSSR count). The molecule has 1 unspecified atom stereocenters. The van der Waals surface area contributed by atoms with Gasteiger partial charge in [-0.2, -0.15) is 0 Å². The molecule has 306 valence electrons. The second kappa shape index (κ2) is 40.7. The van der Waals surface area contributed by atoms with Crippen LogP contribution in [0.5, 0.6) is 0 Å². The van der Waals surface area contributed by atoms with Crippen LogP contribution in [0, 0.1) is 0 Å². The molecule has 0 radical (unpaired) electrons. The van der Waals surface area contributed by atoms with Crippen molar-refractivity contribution in [3.63, 3.8) is 0 Å². The first kappa shape index (κ1) is 50.6. The Morgan fingerprint density at radius 3 is 1.52 bits per heavy atom. The average molecular weight is 756 g/mol. The third-order valence-corrected chi connectivity index (χ3v) is 10.1. The van der Waals surface area contributed by atoms with E-state index in [0.29, 0.717) is 6.42 Å². The fourth-order valence-electron chi connectivity index (χ4n) is 5.94. The quantitative estimate of drug-likeness (QED) is 0.0208. The van der Waals surface area contributed by atoms with Gasteiger partial charge in [0.1, 0.15) is 6.61 Å². The van der Waals surface area contributed by atoms with E-state index in [9.17, 15) is 14.3 Å². The maximum Gasteiger partial charge on any atom is 0.472 e. The average Bonchev–Trinajstić information content (AvgIpc) is 3.13. The minimum Gasteiger partial charge on any atom is -0.498 e. The molecule has 8 nitrogen and oxygen atoms in total. The van der Waals surface area contributed by atoms with Crippen LogP contribution in [0.2, 0.25) is 0 Å². The lowest BCUT2D eigenvalue weighted by Crippen LogP contribution is -2.27. The molecule has 0 aliphatic rings. The maximum atomic E-state index is 12.5. The molecule has 0 fully saturated rings. The summed E-state index contributed by atoms with van der Waals surface area (Å²) in [5, 5.41) is 0. The van der Waals surface area contributed by atoms with Gasteiger partial charge in [0.2, 0.25) is 0 Å². The lowest BCUT2D eigenvalue weighted by molar-refractivity contribution is -0.153. The van der Waals surface area contributed by atoms with Gasteiger partial charge in [0, 0.05) is 13.0 Å². The molecule has 0 aromatic heterocycles. The van der Waals surface area contributed by atoms with E-state index >= 15 is 0 Å². The van der Waals surface area contributed by atoms with Gasteiger partial charge in [-0.15, -0.1) is 0 Å². The highest BCUT2D eigenvalue weighted by atomic mass is 31.2. The fraction of sp³-hybridized carbons (Fsp3) is 0.837. The van der Waals surface area contributed by atoms with Gasteiger partial charge in [0.25, 0.3) is 0 Å². The van der Waals surface area contributed by atoms with Gasteiger partial charge in [-0.1, -0.05) is 173 Å². The topological polar surface area (TPSA) is 117 Å². The molecule has 9 heteroatoms. The van der Waals surface area contributed by atoms with Crippen LogP contribution in [0.4, 0.5) is 0 Å². The molecule has 2 atom stereocenters. The predicted octanol–water partition coefficient (Wildman–Crippen LogP) is 13.0. The van der Waals surface area contributed by atoms with Gasteiger partial charge >= 0.3 is 13.8 Å². The summed E-state index contributed by atoms with van der Waals surface area (Å²) in [5.41, 5.74) is 5.36. The first-order valence-corrected chi connectivity index (χ1v) is 23.0. The van der Waals surface area contributed by atoms with Gasteiger partial charge in [0.15, 0.2) is 6.10 Å². The predicted molar refractivity (Wildman–Crippen MR) is 219 cm³/mol. The van der Waals surface area contributed by atoms with Crippen LogP contribution in [0.25, 0.3) is 0 Å². The molecular weight excluding hydrogens is 673 g/mol. The Bertz CT molecular complexity index is 895. The Balaban J connectivity index is 4.14. The number of phosphoric ester groups is 1. The van der Waals surface area contributed by atoms with E-state index in [1.54, 1.807) is 6.26 Å². The first-order valence-electron chi connectivity index (χ1n) is 21.5. The zero-order valence-corrected chi connectivity index (χ0v) is 34.7. The lowest BCUT2D eigenvalue weighted by atomic mass is 10.0. The number of phosphoric acid groups is 1. The molecule has 0 aromatic carbocycles. The number of hydrogen-bond donors (Lipinski definition) is 2. The fourth-order valence-corrected chi connectivity index (χ4v) is 6.71. The van der Waals surface area contributed by atoms with E-state index in [1.165, 1.54) is 141 Å². The second-order valence-electron chi connectivity index (χ2n) is 14.3. The van der Waals surface area contributed by atoms with E-state index in [1.807, 2.05) is 6.08 Å². The van der Waals surface area contributed by atoms with Crippen molar-refractivity contribution >= 4 is 13.8 Å². The summed E-state index contributed by atoms with van der Waals surface area (Å²) in [6.45, 7) is 4.21. The van der Waals surface area contributed by atoms with Crippen LogP contribution in [-0.2, 0) is 27.9 Å². The SMILES string of the molecule is CCCCCCCCCCC/C=C/C/C=C/CCCC(=O)O[C@H](CO/C=C/CCCCCCCCCCCCCCCC)COP(=O)(O)OCCN. The van der Waals surface area contributed by atoms with Crippen LogP contribution in [0.1, 0.15) is 200 Å². The van der Waals surface area contributed by atoms with Gasteiger partial charge in [-0.3, -0.25) is 13.8 Å². The van der Waals surface area contributed by atoms with Crippen molar-refractivity contribution in [3.05, 3.63) is 36.6 Å². The normalized spacial score (nSPS) is 13.8. The summed E-state index contributed by atoms with van der Waals surface area (Å²) in [5.74, 6) is -0.395. The molecule has 0 spiro atoms. The Morgan fingerprint density at radius 1 is 0.596 bits per heavy atom. The smallest absolute Gasteiger partial charge is 0.472 e. The summed E-state index contributed by atoms with van der Waals surface area (Å²) in [6.07, 6.45) is 46.9. The molecule has 52 heavy (non-hydrogen) atoms. The van der Waals surface area contributed by atoms with Crippen molar-refractivity contribution in [2.45, 2.75) is 206 Å². The van der Waals surface area contributed by atoms with Gasteiger partial charge in [-0.05, 0) is 51.0 Å². The number of allylic oxidation sites excluding steroid dienone is 5. The number of rotatable bonds is 41. The molecule has 0 aromatic rings. The molecule has 0 bridgehead atoms. The number of esters is 1. The van der Waals surface area contributed by atoms with Crippen LogP contribution in [0.3, 0.4) is 0 Å². The molecule has 0 aliphatic carbocycles. The molecule has 3 N–H and O–H groups in total. The van der Waals surface area contributed by atoms with Crippen LogP contribution < -0.4 is 5.73 Å². The summed E-state index contributed by atoms with van der Waals surface area (Å²) >= 11 is 0. The largest absolute Gasteiger partial charge is 0.498 e. The Kier molecular flexibility index (Phi) is 39.6. The van der Waals surface area contributed by atoms with Crippen molar-refractivity contribution in [3.8, 4) is 0 Å². The van der Waals surface area contributed by atoms with Crippen LogP contribution in [0.15, 0.2) is 36.6 Å². The number of nitrogens with two attached hydrogens (primary N) is 1. The summed E-state index contributed by atoms with van der Waals surface area (Å²) < 4.78 is 33.1. The zero-order valence-electron chi connectivity index (χ0n) is 33.8. The summed E-state index contributed by atoms with van der Waals surface area (Å²) in [7, 11) is -4.30. The Hall–Kier alpha value is -1.44. The molecule has 0 amide bonds. The Labute approximate surface area is 320 Å². The maximum absolute atomic E-state index is 12.5. The molecule has 0 aliphatic heterocycles. The Morgan fingerprint density at radius 2 is 1.04 bits per heavy atom. The highest BCUT2D eigenvalue weighted by Gasteiger charge is 2.25. The minimum atomic E-state index is -4.30. The number of carbonyl (C=O) groups is 1. The van der Waals surface area contributed by atoms with Gasteiger partial charge in [0.05, 0.1) is 19.5 Å². The third kappa shape index (κ3) is 39.8. The highest BCUT2D eigenvalue weighted by Crippen LogP contribution is 2.43. The van der Waals surface area contributed by atoms with E-state index in [0.717, 1.165) is 32.1 Å². The van der Waals surface area contributed by atoms with Crippen molar-refractivity contribution in [2.24, 2.45) is 5.73 Å². The highest BCUT2D eigenvalue weighted by molar-refractivity contribution is 7.47. The van der Waals surface area contributed by atoms with Crippen molar-refractivity contribution in [1.82, 2.24) is 0 Å². The molecule has 0 heterocycles. The van der Waals surface area contributed by atoms with Crippen molar-refractivity contribution in [2.75, 3.05) is 26.4 Å². The molecular formula is C43H82NO7P. The van der Waals surface area contributed by atoms with E-state index < -0.39 is 19.9 Å². The van der Waals surface area contributed by atoms with Gasteiger partial charge < -0.3 is 20.1 Å². The number of ether oxygens (including phenoxy) is 2. The van der Waals surface area contributed by atoms with Crippen LogP contribution in [-0.4, -0.2) is 43.3 Å². The van der Waals surface area contributed by atoms with E-state index in [4.69, 9.17) is 24.3 Å². The number of unbranched alkanes of at least 4 members (excludes halogenated alkanes) is 24. The second-order valence-corrected chi connectivity index (χ2v) is 15.7. The standard InChI is InChI=1S/C43H82NO7P/c1-3-5-7-9-11-13-15-17-19-21-22-24-26-28-30-32-34-36-43(45)51-42(41-50-52(46,47)49-39-37-44)40-48-38-35-33-31-29-27-25-23-20-18-16-14-12-10-8-6-4-2/h22,24,28,30,35,38,42H,3-21,23,25-27,29,31-34,36-37,39-41,44H2,1-2H3,(H,46,47)/b24-22+,30-28+,38-35+/t42-/m1/s1. The van der Waals surface area contributed by atoms with E-state index in [2.05, 4.69) is 38.2 Å². The summed E-state index contributed by atoms with van der Waals surface area (Å²) in [6, 6.07) is 0. The lowest BCUT2D eigenvalue weighted by Gasteiger charge is -2.19. The zero-order chi connectivity index (χ0) is 38.1. The van der Waals surface area contributed by atoms with Crippen molar-refractivity contribution < 1.29 is 32.8 Å². The van der Waals surface area contributed by atoms with Crippen molar-refractivity contribution in [1.29, 1.82) is 0 Å². The third-order valence-electron chi connectivity index (χ3n) is 9.12. The number of carbonyl (C=O) groups excluding carboxylic acids is 1. The monoisotopic (exact) mass is 756 g/mol. The minimum absolute atomic E-state index is 0.0170. The summed E-state index contributed by atoms with van der Waals surface area (Å²) in [4.78, 5) is 22.4. The van der Waals surface area contributed by atoms with Crippen LogP contribution >= 0.6 is 7.82 Å². The number of hydrogen-bond acceptors (Lipinski definition) is 7. The first-order chi connectivity index (χ1) is 25.4. The molecule has 0 saturated carbocycles. The molecule has 0 saturated heterocycles. The van der Waals surface area contributed by atoms with E-state index in [-0.39, 0.29) is 32.8 Å².